The summed E-state index contributed by atoms with van der Waals surface area (Å²) >= 11 is 0. The van der Waals surface area contributed by atoms with Crippen LogP contribution in [-0.2, 0) is 0 Å². The van der Waals surface area contributed by atoms with E-state index in [4.69, 9.17) is 4.52 Å². The highest BCUT2D eigenvalue weighted by Crippen LogP contribution is 2.39. The lowest BCUT2D eigenvalue weighted by Crippen LogP contribution is -2.47. The zero-order valence-electron chi connectivity index (χ0n) is 12.4. The number of anilines is 1. The van der Waals surface area contributed by atoms with Crippen LogP contribution in [0.2, 0.25) is 0 Å². The molecule has 3 heterocycles. The standard InChI is InChI=1S/C15H18FN5O/c1-20-7-8-21(14-11(16)3-2-6-17-14)9-12(20)15-18-13(19-22-15)10-4-5-10/h2-3,6,10,12H,4-5,7-9H2,1H3/t12-/m1/s1. The maximum Gasteiger partial charge on any atom is 0.245 e. The average molecular weight is 303 g/mol. The first-order chi connectivity index (χ1) is 10.7. The van der Waals surface area contributed by atoms with Gasteiger partial charge in [0.05, 0.1) is 0 Å². The molecular formula is C15H18FN5O. The molecule has 7 heteroatoms. The molecule has 1 atom stereocenters. The van der Waals surface area contributed by atoms with Gasteiger partial charge in [0, 0.05) is 31.7 Å². The molecule has 0 N–H and O–H groups in total. The summed E-state index contributed by atoms with van der Waals surface area (Å²) in [5.74, 6) is 1.99. The van der Waals surface area contributed by atoms with E-state index < -0.39 is 0 Å². The minimum absolute atomic E-state index is 0.0323. The van der Waals surface area contributed by atoms with Gasteiger partial charge in [-0.05, 0) is 32.0 Å². The molecule has 0 bridgehead atoms. The van der Waals surface area contributed by atoms with Crippen LogP contribution in [0.25, 0.3) is 0 Å². The highest BCUT2D eigenvalue weighted by Gasteiger charge is 2.34. The molecule has 2 aromatic rings. The molecule has 1 aliphatic heterocycles. The number of hydrogen-bond donors (Lipinski definition) is 0. The van der Waals surface area contributed by atoms with Crippen LogP contribution >= 0.6 is 0 Å². The van der Waals surface area contributed by atoms with Gasteiger partial charge in [-0.3, -0.25) is 4.90 Å². The first-order valence-electron chi connectivity index (χ1n) is 7.61. The number of hydrogen-bond acceptors (Lipinski definition) is 6. The Balaban J connectivity index is 1.57. The molecule has 116 valence electrons. The monoisotopic (exact) mass is 303 g/mol. The van der Waals surface area contributed by atoms with E-state index in [1.165, 1.54) is 6.07 Å². The first-order valence-corrected chi connectivity index (χ1v) is 7.61. The highest BCUT2D eigenvalue weighted by molar-refractivity contribution is 5.40. The molecule has 2 fully saturated rings. The number of likely N-dealkylation sites (N-methyl/N-ethyl adjacent to an activating group) is 1. The molecular weight excluding hydrogens is 285 g/mol. The van der Waals surface area contributed by atoms with Gasteiger partial charge in [0.2, 0.25) is 5.89 Å². The van der Waals surface area contributed by atoms with Crippen LogP contribution in [0.1, 0.15) is 36.5 Å². The van der Waals surface area contributed by atoms with E-state index in [9.17, 15) is 4.39 Å². The van der Waals surface area contributed by atoms with Crippen molar-refractivity contribution >= 4 is 5.82 Å². The molecule has 0 aromatic carbocycles. The van der Waals surface area contributed by atoms with Crippen LogP contribution < -0.4 is 4.90 Å². The van der Waals surface area contributed by atoms with Crippen molar-refractivity contribution < 1.29 is 8.91 Å². The summed E-state index contributed by atoms with van der Waals surface area (Å²) in [5.41, 5.74) is 0. The number of rotatable bonds is 3. The van der Waals surface area contributed by atoms with Crippen molar-refractivity contribution in [2.75, 3.05) is 31.6 Å². The lowest BCUT2D eigenvalue weighted by Gasteiger charge is -2.38. The normalized spacial score (nSPS) is 23.0. The Kier molecular flexibility index (Phi) is 3.29. The summed E-state index contributed by atoms with van der Waals surface area (Å²) in [4.78, 5) is 12.8. The Hall–Kier alpha value is -2.02. The van der Waals surface area contributed by atoms with E-state index in [0.717, 1.165) is 31.8 Å². The van der Waals surface area contributed by atoms with Gasteiger partial charge in [0.25, 0.3) is 0 Å². The van der Waals surface area contributed by atoms with E-state index in [0.29, 0.717) is 24.2 Å². The molecule has 0 radical (unpaired) electrons. The minimum Gasteiger partial charge on any atom is -0.351 e. The summed E-state index contributed by atoms with van der Waals surface area (Å²) in [7, 11) is 2.03. The summed E-state index contributed by atoms with van der Waals surface area (Å²) < 4.78 is 19.4. The van der Waals surface area contributed by atoms with Crippen molar-refractivity contribution in [3.05, 3.63) is 35.9 Å². The van der Waals surface area contributed by atoms with Crippen molar-refractivity contribution in [2.45, 2.75) is 24.8 Å². The maximum atomic E-state index is 13.9. The van der Waals surface area contributed by atoms with E-state index in [1.54, 1.807) is 12.3 Å². The van der Waals surface area contributed by atoms with E-state index in [2.05, 4.69) is 20.0 Å². The van der Waals surface area contributed by atoms with Crippen molar-refractivity contribution in [2.24, 2.45) is 0 Å². The molecule has 0 spiro atoms. The Morgan fingerprint density at radius 2 is 2.18 bits per heavy atom. The third-order valence-corrected chi connectivity index (χ3v) is 4.37. The van der Waals surface area contributed by atoms with Gasteiger partial charge in [-0.15, -0.1) is 0 Å². The Bertz CT molecular complexity index is 671. The second-order valence-electron chi connectivity index (χ2n) is 6.02. The first kappa shape index (κ1) is 13.6. The number of aromatic nitrogens is 3. The van der Waals surface area contributed by atoms with Crippen molar-refractivity contribution in [3.63, 3.8) is 0 Å². The fourth-order valence-electron chi connectivity index (χ4n) is 2.83. The molecule has 2 aromatic heterocycles. The molecule has 1 saturated carbocycles. The molecule has 0 unspecified atom stereocenters. The zero-order valence-corrected chi connectivity index (χ0v) is 12.4. The Morgan fingerprint density at radius 1 is 1.32 bits per heavy atom. The van der Waals surface area contributed by atoms with Crippen LogP contribution in [-0.4, -0.2) is 46.7 Å². The van der Waals surface area contributed by atoms with Gasteiger partial charge in [-0.25, -0.2) is 9.37 Å². The second-order valence-corrected chi connectivity index (χ2v) is 6.02. The Morgan fingerprint density at radius 3 is 2.95 bits per heavy atom. The number of nitrogens with zero attached hydrogens (tertiary/aromatic N) is 5. The zero-order chi connectivity index (χ0) is 15.1. The molecule has 1 aliphatic carbocycles. The SMILES string of the molecule is CN1CCN(c2ncccc2F)C[C@@H]1c1nc(C2CC2)no1. The predicted molar refractivity (Wildman–Crippen MR) is 78.1 cm³/mol. The minimum atomic E-state index is -0.296. The fraction of sp³-hybridized carbons (Fsp3) is 0.533. The number of piperazine rings is 1. The van der Waals surface area contributed by atoms with Gasteiger partial charge < -0.3 is 9.42 Å². The smallest absolute Gasteiger partial charge is 0.245 e. The van der Waals surface area contributed by atoms with Gasteiger partial charge >= 0.3 is 0 Å². The van der Waals surface area contributed by atoms with Crippen molar-refractivity contribution in [1.82, 2.24) is 20.0 Å². The van der Waals surface area contributed by atoms with Crippen LogP contribution in [0, 0.1) is 5.82 Å². The number of pyridine rings is 1. The highest BCUT2D eigenvalue weighted by atomic mass is 19.1. The van der Waals surface area contributed by atoms with E-state index in [-0.39, 0.29) is 11.9 Å². The molecule has 22 heavy (non-hydrogen) atoms. The van der Waals surface area contributed by atoms with E-state index in [1.807, 2.05) is 11.9 Å². The molecule has 0 amide bonds. The quantitative estimate of drug-likeness (QED) is 0.864. The second kappa shape index (κ2) is 5.31. The molecule has 1 saturated heterocycles. The Labute approximate surface area is 127 Å². The third-order valence-electron chi connectivity index (χ3n) is 4.37. The third kappa shape index (κ3) is 2.45. The fourth-order valence-corrected chi connectivity index (χ4v) is 2.83. The molecule has 6 nitrogen and oxygen atoms in total. The topological polar surface area (TPSA) is 58.3 Å². The summed E-state index contributed by atoms with van der Waals surface area (Å²) in [5, 5.41) is 4.08. The lowest BCUT2D eigenvalue weighted by molar-refractivity contribution is 0.177. The van der Waals surface area contributed by atoms with E-state index >= 15 is 0 Å². The molecule has 4 rings (SSSR count). The van der Waals surface area contributed by atoms with Gasteiger partial charge in [0.1, 0.15) is 6.04 Å². The maximum absolute atomic E-state index is 13.9. The van der Waals surface area contributed by atoms with Crippen LogP contribution in [0.5, 0.6) is 0 Å². The average Bonchev–Trinajstić information content (AvgIpc) is 3.27. The summed E-state index contributed by atoms with van der Waals surface area (Å²) in [6, 6.07) is 3.01. The summed E-state index contributed by atoms with van der Waals surface area (Å²) in [6.45, 7) is 2.11. The van der Waals surface area contributed by atoms with Crippen molar-refractivity contribution in [3.8, 4) is 0 Å². The summed E-state index contributed by atoms with van der Waals surface area (Å²) in [6.07, 6.45) is 3.90. The van der Waals surface area contributed by atoms with Crippen LogP contribution in [0.4, 0.5) is 10.2 Å². The van der Waals surface area contributed by atoms with Crippen molar-refractivity contribution in [1.29, 1.82) is 0 Å². The predicted octanol–water partition coefficient (Wildman–Crippen LogP) is 1.97. The lowest BCUT2D eigenvalue weighted by atomic mass is 10.1. The van der Waals surface area contributed by atoms with Crippen LogP contribution in [0.3, 0.4) is 0 Å². The van der Waals surface area contributed by atoms with Gasteiger partial charge in [-0.2, -0.15) is 4.98 Å². The van der Waals surface area contributed by atoms with Crippen LogP contribution in [0.15, 0.2) is 22.9 Å². The molecule has 2 aliphatic rings. The number of halogens is 1. The largest absolute Gasteiger partial charge is 0.351 e. The van der Waals surface area contributed by atoms with Gasteiger partial charge in [0.15, 0.2) is 17.5 Å². The van der Waals surface area contributed by atoms with Gasteiger partial charge in [-0.1, -0.05) is 5.16 Å².